The Morgan fingerprint density at radius 1 is 1.62 bits per heavy atom. The summed E-state index contributed by atoms with van der Waals surface area (Å²) in [4.78, 5) is 0. The molecule has 0 spiro atoms. The van der Waals surface area contributed by atoms with Crippen LogP contribution in [0.2, 0.25) is 0 Å². The molecule has 0 saturated carbocycles. The van der Waals surface area contributed by atoms with Crippen LogP contribution in [0.3, 0.4) is 0 Å². The molecule has 0 heterocycles. The molecule has 46 valence electrons. The summed E-state index contributed by atoms with van der Waals surface area (Å²) in [7, 11) is 0. The van der Waals surface area contributed by atoms with E-state index in [0.29, 0.717) is 0 Å². The molecule has 0 unspecified atom stereocenters. The fourth-order valence-corrected chi connectivity index (χ4v) is 0.362. The maximum atomic E-state index is 7.88. The standard InChI is InChI=1S/C6H11NO/c1-2-3-4-5-6-7-8/h4-6,8H,2-3H2,1H3/b5-4-,7-6+. The van der Waals surface area contributed by atoms with E-state index in [0.717, 1.165) is 12.8 Å². The third kappa shape index (κ3) is 5.21. The van der Waals surface area contributed by atoms with E-state index in [4.69, 9.17) is 5.21 Å². The normalized spacial score (nSPS) is 11.6. The Kier molecular flexibility index (Phi) is 5.60. The molecule has 0 aromatic rings. The van der Waals surface area contributed by atoms with E-state index in [2.05, 4.69) is 12.1 Å². The Hall–Kier alpha value is -0.790. The van der Waals surface area contributed by atoms with Gasteiger partial charge in [0.05, 0.1) is 6.21 Å². The van der Waals surface area contributed by atoms with Gasteiger partial charge in [0, 0.05) is 0 Å². The predicted molar refractivity (Wildman–Crippen MR) is 34.3 cm³/mol. The van der Waals surface area contributed by atoms with Crippen molar-refractivity contribution in [2.45, 2.75) is 19.8 Å². The monoisotopic (exact) mass is 113 g/mol. The maximum absolute atomic E-state index is 7.88. The Bertz CT molecular complexity index is 86.5. The van der Waals surface area contributed by atoms with E-state index in [1.165, 1.54) is 6.21 Å². The highest BCUT2D eigenvalue weighted by Gasteiger charge is 1.68. The van der Waals surface area contributed by atoms with E-state index >= 15 is 0 Å². The van der Waals surface area contributed by atoms with Crippen LogP contribution in [0, 0.1) is 0 Å². The molecular weight excluding hydrogens is 102 g/mol. The fraction of sp³-hybridized carbons (Fsp3) is 0.500. The number of rotatable bonds is 3. The van der Waals surface area contributed by atoms with Crippen LogP contribution in [0.4, 0.5) is 0 Å². The lowest BCUT2D eigenvalue weighted by Crippen LogP contribution is -1.63. The molecule has 8 heavy (non-hydrogen) atoms. The van der Waals surface area contributed by atoms with Crippen molar-refractivity contribution in [3.8, 4) is 0 Å². The van der Waals surface area contributed by atoms with Gasteiger partial charge in [-0.05, 0) is 12.5 Å². The van der Waals surface area contributed by atoms with Crippen molar-refractivity contribution in [3.63, 3.8) is 0 Å². The van der Waals surface area contributed by atoms with Crippen LogP contribution in [0.15, 0.2) is 17.3 Å². The van der Waals surface area contributed by atoms with Crippen LogP contribution in [0.25, 0.3) is 0 Å². The molecule has 1 N–H and O–H groups in total. The summed E-state index contributed by atoms with van der Waals surface area (Å²) in [6.45, 7) is 2.10. The summed E-state index contributed by atoms with van der Waals surface area (Å²) in [6, 6.07) is 0. The molecule has 0 atom stereocenters. The van der Waals surface area contributed by atoms with Crippen LogP contribution < -0.4 is 0 Å². The number of hydrogen-bond acceptors (Lipinski definition) is 2. The van der Waals surface area contributed by atoms with Gasteiger partial charge in [-0.1, -0.05) is 24.6 Å². The molecule has 0 aromatic carbocycles. The van der Waals surface area contributed by atoms with Gasteiger partial charge in [0.2, 0.25) is 0 Å². The van der Waals surface area contributed by atoms with Crippen LogP contribution >= 0.6 is 0 Å². The first-order valence-corrected chi connectivity index (χ1v) is 2.74. The Morgan fingerprint density at radius 2 is 2.38 bits per heavy atom. The van der Waals surface area contributed by atoms with Gasteiger partial charge in [-0.25, -0.2) is 0 Å². The second kappa shape index (κ2) is 6.21. The molecule has 2 heteroatoms. The molecule has 2 nitrogen and oxygen atoms in total. The smallest absolute Gasteiger partial charge is 0.0658 e. The molecular formula is C6H11NO. The fourth-order valence-electron chi connectivity index (χ4n) is 0.362. The summed E-state index contributed by atoms with van der Waals surface area (Å²) in [5.74, 6) is 0. The summed E-state index contributed by atoms with van der Waals surface area (Å²) >= 11 is 0. The molecule has 0 amide bonds. The quantitative estimate of drug-likeness (QED) is 0.338. The molecule has 0 fully saturated rings. The lowest BCUT2D eigenvalue weighted by atomic mass is 10.3. The third-order valence-electron chi connectivity index (χ3n) is 0.744. The second-order valence-corrected chi connectivity index (χ2v) is 1.48. The van der Waals surface area contributed by atoms with Crippen molar-refractivity contribution in [1.82, 2.24) is 0 Å². The zero-order valence-corrected chi connectivity index (χ0v) is 5.04. The van der Waals surface area contributed by atoms with Gasteiger partial charge < -0.3 is 5.21 Å². The number of oxime groups is 1. The second-order valence-electron chi connectivity index (χ2n) is 1.48. The summed E-state index contributed by atoms with van der Waals surface area (Å²) in [5.41, 5.74) is 0. The summed E-state index contributed by atoms with van der Waals surface area (Å²) in [6.07, 6.45) is 7.22. The van der Waals surface area contributed by atoms with Gasteiger partial charge in [-0.2, -0.15) is 0 Å². The van der Waals surface area contributed by atoms with Crippen LogP contribution in [0.1, 0.15) is 19.8 Å². The number of hydrogen-bond donors (Lipinski definition) is 1. The van der Waals surface area contributed by atoms with Crippen LogP contribution in [-0.2, 0) is 0 Å². The van der Waals surface area contributed by atoms with E-state index in [-0.39, 0.29) is 0 Å². The first-order valence-electron chi connectivity index (χ1n) is 2.74. The average Bonchev–Trinajstić information content (AvgIpc) is 1.81. The van der Waals surface area contributed by atoms with Gasteiger partial charge in [0.15, 0.2) is 0 Å². The summed E-state index contributed by atoms with van der Waals surface area (Å²) < 4.78 is 0. The van der Waals surface area contributed by atoms with Crippen LogP contribution in [0.5, 0.6) is 0 Å². The Morgan fingerprint density at radius 3 is 2.88 bits per heavy atom. The molecule has 0 bridgehead atoms. The summed E-state index contributed by atoms with van der Waals surface area (Å²) in [5, 5.41) is 10.7. The SMILES string of the molecule is CCC/C=C\C=N\O. The molecule has 0 radical (unpaired) electrons. The minimum Gasteiger partial charge on any atom is -0.411 e. The minimum absolute atomic E-state index is 1.05. The first-order chi connectivity index (χ1) is 3.91. The topological polar surface area (TPSA) is 32.6 Å². The predicted octanol–water partition coefficient (Wildman–Crippen LogP) is 1.80. The third-order valence-corrected chi connectivity index (χ3v) is 0.744. The highest BCUT2D eigenvalue weighted by Crippen LogP contribution is 1.85. The Balaban J connectivity index is 3.07. The van der Waals surface area contributed by atoms with Crippen molar-refractivity contribution in [2.75, 3.05) is 0 Å². The van der Waals surface area contributed by atoms with Gasteiger partial charge >= 0.3 is 0 Å². The zero-order chi connectivity index (χ0) is 6.24. The largest absolute Gasteiger partial charge is 0.411 e. The molecule has 0 saturated heterocycles. The van der Waals surface area contributed by atoms with E-state index in [1.807, 2.05) is 6.08 Å². The van der Waals surface area contributed by atoms with Gasteiger partial charge in [-0.3, -0.25) is 0 Å². The minimum atomic E-state index is 1.05. The number of nitrogens with zero attached hydrogens (tertiary/aromatic N) is 1. The highest BCUT2D eigenvalue weighted by molar-refractivity contribution is 5.70. The van der Waals surface area contributed by atoms with E-state index < -0.39 is 0 Å². The zero-order valence-electron chi connectivity index (χ0n) is 5.04. The van der Waals surface area contributed by atoms with Crippen molar-refractivity contribution in [1.29, 1.82) is 0 Å². The lowest BCUT2D eigenvalue weighted by molar-refractivity contribution is 0.322. The van der Waals surface area contributed by atoms with Gasteiger partial charge in [0.25, 0.3) is 0 Å². The number of unbranched alkanes of at least 4 members (excludes halogenated alkanes) is 1. The number of allylic oxidation sites excluding steroid dienone is 2. The van der Waals surface area contributed by atoms with Crippen molar-refractivity contribution in [3.05, 3.63) is 12.2 Å². The molecule has 0 aliphatic carbocycles. The molecule has 0 aliphatic rings. The maximum Gasteiger partial charge on any atom is 0.0658 e. The average molecular weight is 113 g/mol. The van der Waals surface area contributed by atoms with Crippen LogP contribution in [-0.4, -0.2) is 11.4 Å². The van der Waals surface area contributed by atoms with Gasteiger partial charge in [-0.15, -0.1) is 0 Å². The first kappa shape index (κ1) is 7.21. The van der Waals surface area contributed by atoms with E-state index in [1.54, 1.807) is 6.08 Å². The Labute approximate surface area is 49.5 Å². The molecule has 0 aromatic heterocycles. The highest BCUT2D eigenvalue weighted by atomic mass is 16.4. The van der Waals surface area contributed by atoms with Crippen molar-refractivity contribution in [2.24, 2.45) is 5.16 Å². The lowest BCUT2D eigenvalue weighted by Gasteiger charge is -1.77. The van der Waals surface area contributed by atoms with Gasteiger partial charge in [0.1, 0.15) is 0 Å². The van der Waals surface area contributed by atoms with E-state index in [9.17, 15) is 0 Å². The van der Waals surface area contributed by atoms with Crippen molar-refractivity contribution < 1.29 is 5.21 Å². The van der Waals surface area contributed by atoms with Crippen molar-refractivity contribution >= 4 is 6.21 Å². The molecule has 0 rings (SSSR count). The molecule has 0 aliphatic heterocycles.